The first-order valence-electron chi connectivity index (χ1n) is 13.1. The molecule has 1 saturated carbocycles. The minimum absolute atomic E-state index is 0.0806. The van der Waals surface area contributed by atoms with E-state index >= 15 is 0 Å². The number of benzene rings is 1. The van der Waals surface area contributed by atoms with Crippen LogP contribution in [0.3, 0.4) is 0 Å². The standard InChI is InChI=1S/C28H43N3O6/c1-19(21-10-13-24(35-7)22(17-21)9-8-14-29-20(2)34-6)31(23-11-12-23)26(32)25-18-30(15-16-36-25)27(33)37-28(3,4)5/h10,13,17,19,23,25,29H,2,8-9,11-12,14-16,18H2,1,3-7H3/t19?,25-/m1/s1. The van der Waals surface area contributed by atoms with Crippen molar-refractivity contribution in [2.75, 3.05) is 40.5 Å². The van der Waals surface area contributed by atoms with Gasteiger partial charge in [0.15, 0.2) is 12.0 Å². The summed E-state index contributed by atoms with van der Waals surface area (Å²) in [5.74, 6) is 1.29. The van der Waals surface area contributed by atoms with Crippen LogP contribution >= 0.6 is 0 Å². The topological polar surface area (TPSA) is 89.6 Å². The molecule has 0 bridgehead atoms. The maximum atomic E-state index is 13.7. The Balaban J connectivity index is 1.71. The van der Waals surface area contributed by atoms with Crippen LogP contribution in [0.15, 0.2) is 30.7 Å². The lowest BCUT2D eigenvalue weighted by atomic mass is 9.99. The van der Waals surface area contributed by atoms with Gasteiger partial charge in [-0.05, 0) is 77.2 Å². The summed E-state index contributed by atoms with van der Waals surface area (Å²) in [7, 11) is 3.26. The zero-order valence-corrected chi connectivity index (χ0v) is 23.2. The molecule has 206 valence electrons. The van der Waals surface area contributed by atoms with Crippen molar-refractivity contribution < 1.29 is 28.5 Å². The average molecular weight is 518 g/mol. The summed E-state index contributed by atoms with van der Waals surface area (Å²) >= 11 is 0. The number of amides is 2. The van der Waals surface area contributed by atoms with Crippen molar-refractivity contribution in [1.29, 1.82) is 0 Å². The van der Waals surface area contributed by atoms with Gasteiger partial charge in [-0.2, -0.15) is 0 Å². The number of morpholine rings is 1. The molecule has 0 radical (unpaired) electrons. The molecular formula is C28H43N3O6. The Morgan fingerprint density at radius 1 is 1.27 bits per heavy atom. The molecular weight excluding hydrogens is 474 g/mol. The van der Waals surface area contributed by atoms with E-state index in [2.05, 4.69) is 24.9 Å². The number of carbonyl (C=O) groups is 2. The third-order valence-corrected chi connectivity index (χ3v) is 6.58. The Hall–Kier alpha value is -2.94. The molecule has 9 nitrogen and oxygen atoms in total. The lowest BCUT2D eigenvalue weighted by Gasteiger charge is -2.38. The van der Waals surface area contributed by atoms with E-state index in [4.69, 9.17) is 18.9 Å². The number of nitrogens with zero attached hydrogens (tertiary/aromatic N) is 2. The van der Waals surface area contributed by atoms with Gasteiger partial charge in [-0.1, -0.05) is 12.1 Å². The highest BCUT2D eigenvalue weighted by molar-refractivity contribution is 5.83. The average Bonchev–Trinajstić information content (AvgIpc) is 3.70. The predicted molar refractivity (Wildman–Crippen MR) is 141 cm³/mol. The minimum Gasteiger partial charge on any atom is -0.496 e. The van der Waals surface area contributed by atoms with Crippen LogP contribution < -0.4 is 10.1 Å². The van der Waals surface area contributed by atoms with E-state index in [1.807, 2.05) is 37.8 Å². The highest BCUT2D eigenvalue weighted by Crippen LogP contribution is 2.37. The normalized spacial score (nSPS) is 18.5. The molecule has 37 heavy (non-hydrogen) atoms. The number of ether oxygens (including phenoxy) is 4. The van der Waals surface area contributed by atoms with Crippen molar-refractivity contribution in [3.63, 3.8) is 0 Å². The SMILES string of the molecule is C=C(NCCCc1cc(C(C)N(C(=O)[C@H]2CN(C(=O)OC(C)(C)C)CCO2)C2CC2)ccc1OC)OC. The Kier molecular flexibility index (Phi) is 9.70. The van der Waals surface area contributed by atoms with Gasteiger partial charge in [-0.3, -0.25) is 4.79 Å². The Morgan fingerprint density at radius 3 is 2.62 bits per heavy atom. The van der Waals surface area contributed by atoms with Crippen LogP contribution in [0.4, 0.5) is 4.79 Å². The van der Waals surface area contributed by atoms with Crippen molar-refractivity contribution in [3.05, 3.63) is 41.8 Å². The van der Waals surface area contributed by atoms with E-state index < -0.39 is 17.8 Å². The summed E-state index contributed by atoms with van der Waals surface area (Å²) in [6.45, 7) is 13.0. The molecule has 1 aromatic carbocycles. The fourth-order valence-corrected chi connectivity index (χ4v) is 4.49. The largest absolute Gasteiger partial charge is 0.496 e. The maximum Gasteiger partial charge on any atom is 0.410 e. The van der Waals surface area contributed by atoms with Gasteiger partial charge in [0.05, 0.1) is 33.4 Å². The lowest BCUT2D eigenvalue weighted by molar-refractivity contribution is -0.151. The number of hydrogen-bond donors (Lipinski definition) is 1. The maximum absolute atomic E-state index is 13.7. The van der Waals surface area contributed by atoms with Crippen molar-refractivity contribution in [1.82, 2.24) is 15.1 Å². The summed E-state index contributed by atoms with van der Waals surface area (Å²) in [6.07, 6.45) is 2.50. The summed E-state index contributed by atoms with van der Waals surface area (Å²) in [6, 6.07) is 6.16. The second-order valence-corrected chi connectivity index (χ2v) is 10.7. The molecule has 1 aliphatic heterocycles. The summed E-state index contributed by atoms with van der Waals surface area (Å²) < 4.78 is 22.0. The molecule has 1 aliphatic carbocycles. The van der Waals surface area contributed by atoms with E-state index in [9.17, 15) is 9.59 Å². The van der Waals surface area contributed by atoms with E-state index in [1.165, 1.54) is 0 Å². The number of rotatable bonds is 11. The highest BCUT2D eigenvalue weighted by Gasteiger charge is 2.42. The van der Waals surface area contributed by atoms with Crippen molar-refractivity contribution in [3.8, 4) is 5.75 Å². The molecule has 1 aromatic rings. The van der Waals surface area contributed by atoms with Gasteiger partial charge in [0.2, 0.25) is 0 Å². The molecule has 3 rings (SSSR count). The molecule has 2 atom stereocenters. The van der Waals surface area contributed by atoms with Gasteiger partial charge >= 0.3 is 6.09 Å². The molecule has 1 unspecified atom stereocenters. The van der Waals surface area contributed by atoms with Gasteiger partial charge in [-0.25, -0.2) is 4.79 Å². The molecule has 1 heterocycles. The van der Waals surface area contributed by atoms with Gasteiger partial charge in [0, 0.05) is 19.1 Å². The van der Waals surface area contributed by atoms with Crippen LogP contribution in [0.5, 0.6) is 5.75 Å². The third kappa shape index (κ3) is 8.02. The van der Waals surface area contributed by atoms with Crippen LogP contribution in [0.25, 0.3) is 0 Å². The second kappa shape index (κ2) is 12.5. The van der Waals surface area contributed by atoms with Gasteiger partial charge in [0.1, 0.15) is 11.4 Å². The molecule has 1 N–H and O–H groups in total. The summed E-state index contributed by atoms with van der Waals surface area (Å²) in [5.41, 5.74) is 1.54. The number of aryl methyl sites for hydroxylation is 1. The van der Waals surface area contributed by atoms with Gasteiger partial charge in [0.25, 0.3) is 5.91 Å². The van der Waals surface area contributed by atoms with Crippen molar-refractivity contribution in [2.45, 2.75) is 77.2 Å². The van der Waals surface area contributed by atoms with E-state index in [0.717, 1.165) is 49.1 Å². The molecule has 0 spiro atoms. The molecule has 2 aliphatic rings. The molecule has 9 heteroatoms. The molecule has 2 amide bonds. The van der Waals surface area contributed by atoms with Gasteiger partial charge in [-0.15, -0.1) is 0 Å². The Labute approximate surface area is 221 Å². The zero-order valence-electron chi connectivity index (χ0n) is 23.2. The number of carbonyl (C=O) groups excluding carboxylic acids is 2. The van der Waals surface area contributed by atoms with E-state index in [0.29, 0.717) is 19.0 Å². The lowest BCUT2D eigenvalue weighted by Crippen LogP contribution is -2.54. The minimum atomic E-state index is -0.706. The van der Waals surface area contributed by atoms with Crippen molar-refractivity contribution >= 4 is 12.0 Å². The van der Waals surface area contributed by atoms with Crippen molar-refractivity contribution in [2.24, 2.45) is 0 Å². The Morgan fingerprint density at radius 2 is 2.00 bits per heavy atom. The smallest absolute Gasteiger partial charge is 0.410 e. The third-order valence-electron chi connectivity index (χ3n) is 6.58. The van der Waals surface area contributed by atoms with Crippen LogP contribution in [-0.2, 0) is 25.4 Å². The van der Waals surface area contributed by atoms with Crippen LogP contribution in [-0.4, -0.2) is 80.0 Å². The Bertz CT molecular complexity index is 956. The van der Waals surface area contributed by atoms with Gasteiger partial charge < -0.3 is 34.1 Å². The molecule has 0 aromatic heterocycles. The molecule has 1 saturated heterocycles. The zero-order chi connectivity index (χ0) is 27.2. The summed E-state index contributed by atoms with van der Waals surface area (Å²) in [5, 5.41) is 3.13. The van der Waals surface area contributed by atoms with Crippen LogP contribution in [0.2, 0.25) is 0 Å². The first-order chi connectivity index (χ1) is 17.5. The quantitative estimate of drug-likeness (QED) is 0.350. The first kappa shape index (κ1) is 28.6. The first-order valence-corrected chi connectivity index (χ1v) is 13.1. The highest BCUT2D eigenvalue weighted by atomic mass is 16.6. The monoisotopic (exact) mass is 517 g/mol. The number of methoxy groups -OCH3 is 2. The molecule has 2 fully saturated rings. The fraction of sp³-hybridized carbons (Fsp3) is 0.643. The van der Waals surface area contributed by atoms with Crippen LogP contribution in [0, 0.1) is 0 Å². The van der Waals surface area contributed by atoms with Crippen LogP contribution in [0.1, 0.15) is 64.1 Å². The fourth-order valence-electron chi connectivity index (χ4n) is 4.49. The number of nitrogens with one attached hydrogen (secondary N) is 1. The predicted octanol–water partition coefficient (Wildman–Crippen LogP) is 4.02. The van der Waals surface area contributed by atoms with E-state index in [1.54, 1.807) is 19.1 Å². The second-order valence-electron chi connectivity index (χ2n) is 10.7. The summed E-state index contributed by atoms with van der Waals surface area (Å²) in [4.78, 5) is 29.9. The van der Waals surface area contributed by atoms with E-state index in [-0.39, 0.29) is 24.5 Å². The number of hydrogen-bond acceptors (Lipinski definition) is 7.